The van der Waals surface area contributed by atoms with Gasteiger partial charge in [-0.25, -0.2) is 0 Å². The van der Waals surface area contributed by atoms with E-state index in [0.717, 1.165) is 0 Å². The van der Waals surface area contributed by atoms with Crippen LogP contribution in [-0.2, 0) is 4.74 Å². The van der Waals surface area contributed by atoms with Gasteiger partial charge in [0, 0.05) is 0 Å². The van der Waals surface area contributed by atoms with E-state index in [2.05, 4.69) is 13.8 Å². The Bertz CT molecular complexity index is 42.6. The minimum Gasteiger partial charge on any atom is -0.299 e. The van der Waals surface area contributed by atoms with Gasteiger partial charge in [0.15, 0.2) is 0 Å². The van der Waals surface area contributed by atoms with Crippen molar-refractivity contribution < 1.29 is 4.74 Å². The van der Waals surface area contributed by atoms with Crippen LogP contribution in [0, 0.1) is 13.8 Å². The van der Waals surface area contributed by atoms with E-state index in [9.17, 15) is 0 Å². The molecule has 0 unspecified atom stereocenters. The Morgan fingerprint density at radius 2 is 2.00 bits per heavy atom. The molecule has 0 N–H and O–H groups in total. The van der Waals surface area contributed by atoms with E-state index in [1.54, 1.807) is 0 Å². The lowest BCUT2D eigenvalue weighted by Crippen LogP contribution is -2.19. The molecule has 1 nitrogen and oxygen atoms in total. The number of hydrogen-bond donors (Lipinski definition) is 0. The van der Waals surface area contributed by atoms with Gasteiger partial charge in [0.25, 0.3) is 0 Å². The van der Waals surface area contributed by atoms with Gasteiger partial charge in [0.1, 0.15) is 13.8 Å². The van der Waals surface area contributed by atoms with Crippen LogP contribution in [0.2, 0.25) is 0 Å². The summed E-state index contributed by atoms with van der Waals surface area (Å²) in [4.78, 5) is 0. The molecule has 0 bridgehead atoms. The highest BCUT2D eigenvalue weighted by Crippen LogP contribution is 2.03. The van der Waals surface area contributed by atoms with Crippen LogP contribution in [0.3, 0.4) is 0 Å². The zero-order valence-electron chi connectivity index (χ0n) is 5.03. The Hall–Kier alpha value is -0.300. The van der Waals surface area contributed by atoms with E-state index in [0.29, 0.717) is 6.61 Å². The fraction of sp³-hybridized carbons (Fsp3) is 0.667. The average molecular weight is 100 g/mol. The first-order chi connectivity index (χ1) is 3.06. The van der Waals surface area contributed by atoms with Crippen molar-refractivity contribution in [1.82, 2.24) is 0 Å². The Labute approximate surface area is 45.7 Å². The standard InChI is InChI=1S/C6H12O/c1-5-7-6(2,3)4/h2-3,5H2,1,4H3/q+2. The molecule has 0 aromatic carbocycles. The number of hydrogen-bond acceptors (Lipinski definition) is 1. The molecule has 0 saturated carbocycles. The molecule has 1 heteroatoms. The molecule has 0 aliphatic carbocycles. The first-order valence-electron chi connectivity index (χ1n) is 2.41. The van der Waals surface area contributed by atoms with Crippen LogP contribution < -0.4 is 0 Å². The Morgan fingerprint density at radius 3 is 2.00 bits per heavy atom. The van der Waals surface area contributed by atoms with Gasteiger partial charge in [-0.2, -0.15) is 0 Å². The zero-order chi connectivity index (χ0) is 5.91. The van der Waals surface area contributed by atoms with E-state index < -0.39 is 5.60 Å². The average Bonchev–Trinajstić information content (AvgIpc) is 1.30. The Kier molecular flexibility index (Phi) is 2.03. The minimum atomic E-state index is -0.450. The van der Waals surface area contributed by atoms with Gasteiger partial charge in [-0.15, -0.1) is 0 Å². The van der Waals surface area contributed by atoms with Crippen LogP contribution in [-0.4, -0.2) is 12.2 Å². The SMILES string of the molecule is [CH2+]C([CH2+])(C)OCC. The van der Waals surface area contributed by atoms with Gasteiger partial charge in [0.05, 0.1) is 13.5 Å². The molecular formula is C6H12O+2. The van der Waals surface area contributed by atoms with Gasteiger partial charge >= 0.3 is 5.60 Å². The van der Waals surface area contributed by atoms with Crippen LogP contribution in [0.4, 0.5) is 0 Å². The monoisotopic (exact) mass is 100 g/mol. The molecule has 0 spiro atoms. The normalized spacial score (nSPS) is 11.7. The Balaban J connectivity index is 3.15. The summed E-state index contributed by atoms with van der Waals surface area (Å²) in [6.45, 7) is 11.7. The first-order valence-corrected chi connectivity index (χ1v) is 2.41. The highest BCUT2D eigenvalue weighted by Gasteiger charge is 2.25. The third-order valence-corrected chi connectivity index (χ3v) is 0.493. The lowest BCUT2D eigenvalue weighted by molar-refractivity contribution is 0.0465. The molecule has 0 saturated heterocycles. The molecule has 0 atom stereocenters. The van der Waals surface area contributed by atoms with E-state index in [-0.39, 0.29) is 0 Å². The first kappa shape index (κ1) is 6.70. The van der Waals surface area contributed by atoms with Gasteiger partial charge in [0.2, 0.25) is 0 Å². The second-order valence-corrected chi connectivity index (χ2v) is 1.88. The van der Waals surface area contributed by atoms with Crippen LogP contribution >= 0.6 is 0 Å². The molecule has 7 heavy (non-hydrogen) atoms. The smallest absolute Gasteiger partial charge is 0.299 e. The quantitative estimate of drug-likeness (QED) is 0.477. The van der Waals surface area contributed by atoms with Crippen molar-refractivity contribution in [1.29, 1.82) is 0 Å². The summed E-state index contributed by atoms with van der Waals surface area (Å²) in [6.07, 6.45) is 0. The highest BCUT2D eigenvalue weighted by molar-refractivity contribution is 4.79. The molecule has 0 fully saturated rings. The van der Waals surface area contributed by atoms with E-state index in [4.69, 9.17) is 4.74 Å². The van der Waals surface area contributed by atoms with Gasteiger partial charge in [-0.3, -0.25) is 4.74 Å². The molecule has 0 amide bonds. The fourth-order valence-corrected chi connectivity index (χ4v) is 0.348. The van der Waals surface area contributed by atoms with E-state index >= 15 is 0 Å². The number of rotatable bonds is 2. The van der Waals surface area contributed by atoms with Crippen molar-refractivity contribution in [3.63, 3.8) is 0 Å². The lowest BCUT2D eigenvalue weighted by atomic mass is 10.2. The molecule has 0 aliphatic heterocycles. The van der Waals surface area contributed by atoms with Crippen molar-refractivity contribution in [3.05, 3.63) is 13.8 Å². The van der Waals surface area contributed by atoms with Crippen molar-refractivity contribution in [2.75, 3.05) is 6.61 Å². The van der Waals surface area contributed by atoms with Crippen LogP contribution in [0.5, 0.6) is 0 Å². The van der Waals surface area contributed by atoms with Crippen molar-refractivity contribution in [2.24, 2.45) is 0 Å². The summed E-state index contributed by atoms with van der Waals surface area (Å²) in [5.41, 5.74) is -0.450. The second-order valence-electron chi connectivity index (χ2n) is 1.88. The predicted molar refractivity (Wildman–Crippen MR) is 30.7 cm³/mol. The zero-order valence-corrected chi connectivity index (χ0v) is 5.03. The summed E-state index contributed by atoms with van der Waals surface area (Å²) in [6, 6.07) is 0. The largest absolute Gasteiger partial charge is 0.332 e. The summed E-state index contributed by atoms with van der Waals surface area (Å²) in [5.74, 6) is 0. The molecule has 0 rings (SSSR count). The molecule has 0 aromatic rings. The van der Waals surface area contributed by atoms with Crippen LogP contribution in [0.25, 0.3) is 0 Å². The summed E-state index contributed by atoms with van der Waals surface area (Å²) in [7, 11) is 0. The molecule has 0 heterocycles. The summed E-state index contributed by atoms with van der Waals surface area (Å²) >= 11 is 0. The maximum Gasteiger partial charge on any atom is 0.332 e. The fourth-order valence-electron chi connectivity index (χ4n) is 0.348. The third kappa shape index (κ3) is 5.70. The topological polar surface area (TPSA) is 9.23 Å². The second kappa shape index (κ2) is 2.12. The molecular weight excluding hydrogens is 88.1 g/mol. The third-order valence-electron chi connectivity index (χ3n) is 0.493. The van der Waals surface area contributed by atoms with Gasteiger partial charge in [-0.05, 0) is 6.92 Å². The molecule has 0 aliphatic rings. The van der Waals surface area contributed by atoms with Crippen LogP contribution in [0.15, 0.2) is 0 Å². The highest BCUT2D eigenvalue weighted by atomic mass is 16.5. The maximum atomic E-state index is 5.01. The molecule has 40 valence electrons. The molecule has 0 aromatic heterocycles. The summed E-state index contributed by atoms with van der Waals surface area (Å²) in [5, 5.41) is 0. The van der Waals surface area contributed by atoms with Crippen LogP contribution in [0.1, 0.15) is 13.8 Å². The van der Waals surface area contributed by atoms with Crippen molar-refractivity contribution in [3.8, 4) is 0 Å². The lowest BCUT2D eigenvalue weighted by Gasteiger charge is -2.01. The van der Waals surface area contributed by atoms with Gasteiger partial charge in [-0.1, -0.05) is 0 Å². The van der Waals surface area contributed by atoms with E-state index in [1.165, 1.54) is 0 Å². The summed E-state index contributed by atoms with van der Waals surface area (Å²) < 4.78 is 5.01. The van der Waals surface area contributed by atoms with Gasteiger partial charge < -0.3 is 0 Å². The minimum absolute atomic E-state index is 0.450. The maximum absolute atomic E-state index is 5.01. The van der Waals surface area contributed by atoms with Crippen molar-refractivity contribution >= 4 is 0 Å². The van der Waals surface area contributed by atoms with Crippen molar-refractivity contribution in [2.45, 2.75) is 19.4 Å². The van der Waals surface area contributed by atoms with E-state index in [1.807, 2.05) is 13.8 Å². The predicted octanol–water partition coefficient (Wildman–Crippen LogP) is 1.45. The molecule has 0 radical (unpaired) electrons. The number of ether oxygens (including phenoxy) is 1. The Morgan fingerprint density at radius 1 is 1.57 bits per heavy atom.